The van der Waals surface area contributed by atoms with E-state index in [9.17, 15) is 0 Å². The quantitative estimate of drug-likeness (QED) is 0.0608. The Hall–Kier alpha value is -0.310. The van der Waals surface area contributed by atoms with Gasteiger partial charge in [-0.1, -0.05) is 97.8 Å². The molecule has 10 N–H and O–H groups in total. The highest BCUT2D eigenvalue weighted by molar-refractivity contribution is 6.48. The van der Waals surface area contributed by atoms with Gasteiger partial charge < -0.3 is 55.3 Å². The minimum atomic E-state index is -2.13. The molecular formula is C24H58B2O11. The van der Waals surface area contributed by atoms with Gasteiger partial charge in [-0.3, -0.25) is 0 Å². The lowest BCUT2D eigenvalue weighted by atomic mass is 10.1. The first-order valence-electron chi connectivity index (χ1n) is 13.9. The van der Waals surface area contributed by atoms with Crippen molar-refractivity contribution >= 4 is 14.6 Å². The molecule has 0 aliphatic rings. The van der Waals surface area contributed by atoms with Crippen LogP contribution in [0.5, 0.6) is 0 Å². The van der Waals surface area contributed by atoms with Gasteiger partial charge >= 0.3 is 14.6 Å². The average molecular weight is 544 g/mol. The molecule has 0 spiro atoms. The maximum atomic E-state index is 8.46. The van der Waals surface area contributed by atoms with E-state index in [4.69, 9.17) is 50.7 Å². The van der Waals surface area contributed by atoms with Gasteiger partial charge in [0, 0.05) is 0 Å². The van der Waals surface area contributed by atoms with E-state index >= 15 is 0 Å². The molecule has 0 rings (SSSR count). The fraction of sp³-hybridized carbons (Fsp3) is 1.00. The molecule has 0 saturated heterocycles. The van der Waals surface area contributed by atoms with Crippen molar-refractivity contribution in [1.82, 2.24) is 0 Å². The maximum Gasteiger partial charge on any atom is 0.621 e. The van der Waals surface area contributed by atoms with Crippen molar-refractivity contribution in [2.75, 3.05) is 0 Å². The molecule has 0 aliphatic carbocycles. The topological polar surface area (TPSA) is 212 Å². The van der Waals surface area contributed by atoms with E-state index in [1.165, 1.54) is 57.8 Å². The summed E-state index contributed by atoms with van der Waals surface area (Å²) in [6.07, 6.45) is 15.7. The van der Waals surface area contributed by atoms with Crippen LogP contribution in [0.25, 0.3) is 0 Å². The predicted octanol–water partition coefficient (Wildman–Crippen LogP) is 1.91. The largest absolute Gasteiger partial charge is 0.621 e. The smallest absolute Gasteiger partial charge is 0.402 e. The SMILES string of the molecule is CCCCCCCC(O)O.CCCCCCCC(O)O.CCCCCCCC(O)O.OB(O)OB(O)O. The Morgan fingerprint density at radius 1 is 0.405 bits per heavy atom. The van der Waals surface area contributed by atoms with Crippen molar-refractivity contribution in [2.45, 2.75) is 155 Å². The van der Waals surface area contributed by atoms with Crippen LogP contribution in [-0.2, 0) is 4.57 Å². The van der Waals surface area contributed by atoms with Crippen LogP contribution in [0.3, 0.4) is 0 Å². The van der Waals surface area contributed by atoms with Gasteiger partial charge in [0.15, 0.2) is 18.9 Å². The Labute approximate surface area is 225 Å². The van der Waals surface area contributed by atoms with E-state index in [1.807, 2.05) is 0 Å². The number of rotatable bonds is 20. The lowest BCUT2D eigenvalue weighted by Gasteiger charge is -2.01. The zero-order valence-corrected chi connectivity index (χ0v) is 23.5. The number of unbranched alkanes of at least 4 members (excludes halogenated alkanes) is 12. The summed E-state index contributed by atoms with van der Waals surface area (Å²) < 4.78 is 3.47. The Kier molecular flexibility index (Phi) is 44.7. The van der Waals surface area contributed by atoms with Gasteiger partial charge in [0.1, 0.15) is 0 Å². The zero-order valence-electron chi connectivity index (χ0n) is 23.5. The standard InChI is InChI=1S/3C8H18O2.B2H4O5/c3*1-2-3-4-5-6-7-8(9)10;3-1(4)7-2(5)6/h3*8-10H,2-7H2,1H3;3-6H. The summed E-state index contributed by atoms with van der Waals surface area (Å²) in [7, 11) is -4.25. The molecule has 0 radical (unpaired) electrons. The molecule has 0 fully saturated rings. The van der Waals surface area contributed by atoms with E-state index in [-0.39, 0.29) is 0 Å². The van der Waals surface area contributed by atoms with E-state index in [2.05, 4.69) is 25.3 Å². The van der Waals surface area contributed by atoms with Crippen molar-refractivity contribution in [2.24, 2.45) is 0 Å². The lowest BCUT2D eigenvalue weighted by molar-refractivity contribution is -0.0472. The van der Waals surface area contributed by atoms with Crippen molar-refractivity contribution in [3.05, 3.63) is 0 Å². The molecule has 0 aromatic heterocycles. The second-order valence-electron chi connectivity index (χ2n) is 8.84. The van der Waals surface area contributed by atoms with Gasteiger partial charge in [0.05, 0.1) is 0 Å². The van der Waals surface area contributed by atoms with Crippen LogP contribution in [0, 0.1) is 0 Å². The van der Waals surface area contributed by atoms with Crippen LogP contribution in [-0.4, -0.2) is 84.2 Å². The number of aliphatic hydroxyl groups is 6. The van der Waals surface area contributed by atoms with Crippen molar-refractivity contribution in [1.29, 1.82) is 0 Å². The van der Waals surface area contributed by atoms with Crippen molar-refractivity contribution in [3.8, 4) is 0 Å². The summed E-state index contributed by atoms with van der Waals surface area (Å²) in [5.74, 6) is 0. The van der Waals surface area contributed by atoms with E-state index < -0.39 is 33.5 Å². The van der Waals surface area contributed by atoms with Crippen molar-refractivity contribution in [3.63, 3.8) is 0 Å². The molecule has 0 heterocycles. The number of hydrogen-bond donors (Lipinski definition) is 10. The highest BCUT2D eigenvalue weighted by atomic mass is 16.7. The summed E-state index contributed by atoms with van der Waals surface area (Å²) in [4.78, 5) is 0. The maximum absolute atomic E-state index is 8.46. The zero-order chi connectivity index (χ0) is 29.3. The van der Waals surface area contributed by atoms with E-state index in [0.29, 0.717) is 19.3 Å². The van der Waals surface area contributed by atoms with E-state index in [1.54, 1.807) is 0 Å². The Bertz CT molecular complexity index is 330. The molecule has 37 heavy (non-hydrogen) atoms. The first-order valence-corrected chi connectivity index (χ1v) is 13.9. The van der Waals surface area contributed by atoms with Crippen LogP contribution >= 0.6 is 0 Å². The monoisotopic (exact) mass is 544 g/mol. The first kappa shape index (κ1) is 43.7. The Balaban J connectivity index is -0.000000198. The van der Waals surface area contributed by atoms with Gasteiger partial charge in [-0.25, -0.2) is 0 Å². The first-order chi connectivity index (χ1) is 17.4. The molecule has 0 atom stereocenters. The second-order valence-corrected chi connectivity index (χ2v) is 8.84. The van der Waals surface area contributed by atoms with Crippen LogP contribution in [0.1, 0.15) is 136 Å². The van der Waals surface area contributed by atoms with Gasteiger partial charge in [-0.05, 0) is 38.5 Å². The normalized spacial score (nSPS) is 10.4. The van der Waals surface area contributed by atoms with Crippen LogP contribution in [0.15, 0.2) is 0 Å². The lowest BCUT2D eigenvalue weighted by Crippen LogP contribution is -2.28. The molecular weight excluding hydrogens is 486 g/mol. The predicted molar refractivity (Wildman–Crippen MR) is 146 cm³/mol. The minimum Gasteiger partial charge on any atom is -0.402 e. The highest BCUT2D eigenvalue weighted by Gasteiger charge is 2.18. The summed E-state index contributed by atoms with van der Waals surface area (Å²) in [6.45, 7) is 6.50. The Morgan fingerprint density at radius 3 is 0.757 bits per heavy atom. The average Bonchev–Trinajstić information content (AvgIpc) is 2.78. The second kappa shape index (κ2) is 37.8. The Morgan fingerprint density at radius 2 is 0.622 bits per heavy atom. The molecule has 0 unspecified atom stereocenters. The van der Waals surface area contributed by atoms with Gasteiger partial charge in [-0.15, -0.1) is 0 Å². The molecule has 0 aromatic rings. The molecule has 11 nitrogen and oxygen atoms in total. The van der Waals surface area contributed by atoms with Crippen molar-refractivity contribution < 1.29 is 55.3 Å². The molecule has 0 bridgehead atoms. The van der Waals surface area contributed by atoms with Crippen LogP contribution in [0.2, 0.25) is 0 Å². The third-order valence-corrected chi connectivity index (χ3v) is 4.94. The third kappa shape index (κ3) is 66.5. The molecule has 13 heteroatoms. The molecule has 0 aromatic carbocycles. The van der Waals surface area contributed by atoms with Gasteiger partial charge in [0.25, 0.3) is 0 Å². The fourth-order valence-corrected chi connectivity index (χ4v) is 2.90. The molecule has 0 aliphatic heterocycles. The fourth-order valence-electron chi connectivity index (χ4n) is 2.90. The molecule has 226 valence electrons. The number of aliphatic hydroxyl groups excluding tert-OH is 3. The van der Waals surface area contributed by atoms with Crippen LogP contribution < -0.4 is 0 Å². The van der Waals surface area contributed by atoms with Gasteiger partial charge in [-0.2, -0.15) is 0 Å². The minimum absolute atomic E-state index is 0.531. The summed E-state index contributed by atoms with van der Waals surface area (Å²) in [5.41, 5.74) is 0. The highest BCUT2D eigenvalue weighted by Crippen LogP contribution is 2.07. The third-order valence-electron chi connectivity index (χ3n) is 4.94. The summed E-state index contributed by atoms with van der Waals surface area (Å²) in [6, 6.07) is 0. The summed E-state index contributed by atoms with van der Waals surface area (Å²) >= 11 is 0. The molecule has 0 amide bonds. The van der Waals surface area contributed by atoms with Crippen LogP contribution in [0.4, 0.5) is 0 Å². The van der Waals surface area contributed by atoms with Gasteiger partial charge in [0.2, 0.25) is 0 Å². The van der Waals surface area contributed by atoms with E-state index in [0.717, 1.165) is 38.5 Å². The molecule has 0 saturated carbocycles. The summed E-state index contributed by atoms with van der Waals surface area (Å²) in [5, 5.41) is 81.7. The number of hydrogen-bond acceptors (Lipinski definition) is 11.